The molecule has 0 spiro atoms. The highest BCUT2D eigenvalue weighted by atomic mass is 32.1. The number of nitrogens with zero attached hydrogens (tertiary/aromatic N) is 1. The van der Waals surface area contributed by atoms with Crippen molar-refractivity contribution in [2.75, 3.05) is 6.61 Å². The van der Waals surface area contributed by atoms with E-state index in [1.54, 1.807) is 11.3 Å². The Hall–Kier alpha value is -1.23. The Kier molecular flexibility index (Phi) is 4.45. The smallest absolute Gasteiger partial charge is 0.0958 e. The van der Waals surface area contributed by atoms with E-state index in [2.05, 4.69) is 17.5 Å². The van der Waals surface area contributed by atoms with Gasteiger partial charge in [0.05, 0.1) is 16.8 Å². The molecular formula is C16H20N2OS. The van der Waals surface area contributed by atoms with Crippen LogP contribution in [-0.4, -0.2) is 17.7 Å². The molecule has 106 valence electrons. The minimum Gasteiger partial charge on any atom is -0.378 e. The van der Waals surface area contributed by atoms with Gasteiger partial charge in [-0.1, -0.05) is 18.2 Å². The Morgan fingerprint density at radius 1 is 1.35 bits per heavy atom. The van der Waals surface area contributed by atoms with Gasteiger partial charge in [0.25, 0.3) is 0 Å². The summed E-state index contributed by atoms with van der Waals surface area (Å²) < 4.78 is 5.78. The minimum atomic E-state index is 0.359. The number of benzene rings is 1. The van der Waals surface area contributed by atoms with Crippen molar-refractivity contribution in [1.29, 1.82) is 0 Å². The predicted molar refractivity (Wildman–Crippen MR) is 82.7 cm³/mol. The zero-order valence-electron chi connectivity index (χ0n) is 11.5. The van der Waals surface area contributed by atoms with Crippen LogP contribution < -0.4 is 5.73 Å². The fourth-order valence-electron chi connectivity index (χ4n) is 2.56. The zero-order valence-corrected chi connectivity index (χ0v) is 12.4. The first kappa shape index (κ1) is 13.7. The van der Waals surface area contributed by atoms with E-state index in [-0.39, 0.29) is 0 Å². The third kappa shape index (κ3) is 3.26. The monoisotopic (exact) mass is 288 g/mol. The van der Waals surface area contributed by atoms with Gasteiger partial charge in [-0.3, -0.25) is 0 Å². The summed E-state index contributed by atoms with van der Waals surface area (Å²) in [6, 6.07) is 8.30. The van der Waals surface area contributed by atoms with Gasteiger partial charge in [-0.2, -0.15) is 0 Å². The Morgan fingerprint density at radius 2 is 2.30 bits per heavy atom. The maximum atomic E-state index is 5.78. The molecule has 0 radical (unpaired) electrons. The van der Waals surface area contributed by atoms with Crippen molar-refractivity contribution in [3.8, 4) is 11.3 Å². The maximum Gasteiger partial charge on any atom is 0.0958 e. The highest BCUT2D eigenvalue weighted by Crippen LogP contribution is 2.25. The fourth-order valence-corrected chi connectivity index (χ4v) is 3.43. The summed E-state index contributed by atoms with van der Waals surface area (Å²) in [5.41, 5.74) is 9.04. The van der Waals surface area contributed by atoms with Gasteiger partial charge in [0.15, 0.2) is 0 Å². The maximum absolute atomic E-state index is 5.78. The summed E-state index contributed by atoms with van der Waals surface area (Å²) in [7, 11) is 0. The first-order valence-electron chi connectivity index (χ1n) is 7.20. The molecule has 2 N–H and O–H groups in total. The van der Waals surface area contributed by atoms with E-state index in [9.17, 15) is 0 Å². The van der Waals surface area contributed by atoms with Gasteiger partial charge in [0.1, 0.15) is 0 Å². The summed E-state index contributed by atoms with van der Waals surface area (Å²) in [4.78, 5) is 4.75. The lowest BCUT2D eigenvalue weighted by Gasteiger charge is -2.21. The second-order valence-corrected chi connectivity index (χ2v) is 6.17. The van der Waals surface area contributed by atoms with Gasteiger partial charge in [0, 0.05) is 30.5 Å². The highest BCUT2D eigenvalue weighted by molar-refractivity contribution is 7.09. The molecule has 3 nitrogen and oxygen atoms in total. The number of hydrogen-bond donors (Lipinski definition) is 1. The van der Waals surface area contributed by atoms with Crippen molar-refractivity contribution in [3.63, 3.8) is 0 Å². The molecule has 0 bridgehead atoms. The van der Waals surface area contributed by atoms with E-state index in [4.69, 9.17) is 15.5 Å². The summed E-state index contributed by atoms with van der Waals surface area (Å²) in [5, 5.41) is 3.30. The largest absolute Gasteiger partial charge is 0.378 e. The average Bonchev–Trinajstić information content (AvgIpc) is 2.97. The van der Waals surface area contributed by atoms with E-state index >= 15 is 0 Å². The topological polar surface area (TPSA) is 48.1 Å². The Balaban J connectivity index is 1.72. The normalized spacial score (nSPS) is 19.1. The van der Waals surface area contributed by atoms with Crippen molar-refractivity contribution in [3.05, 3.63) is 40.2 Å². The lowest BCUT2D eigenvalue weighted by atomic mass is 10.1. The summed E-state index contributed by atoms with van der Waals surface area (Å²) >= 11 is 1.73. The van der Waals surface area contributed by atoms with Crippen LogP contribution in [0.3, 0.4) is 0 Å². The summed E-state index contributed by atoms with van der Waals surface area (Å²) in [5.74, 6) is 0. The molecule has 0 aliphatic carbocycles. The SMILES string of the molecule is NCc1cccc(-c2csc(CC3CCCCO3)n2)c1. The second kappa shape index (κ2) is 6.48. The number of ether oxygens (including phenoxy) is 1. The van der Waals surface area contributed by atoms with Gasteiger partial charge in [-0.15, -0.1) is 11.3 Å². The zero-order chi connectivity index (χ0) is 13.8. The Morgan fingerprint density at radius 3 is 3.10 bits per heavy atom. The third-order valence-corrected chi connectivity index (χ3v) is 4.56. The van der Waals surface area contributed by atoms with Crippen LogP contribution in [0.5, 0.6) is 0 Å². The van der Waals surface area contributed by atoms with Crippen LogP contribution in [0.1, 0.15) is 29.8 Å². The van der Waals surface area contributed by atoms with Crippen molar-refractivity contribution >= 4 is 11.3 Å². The number of hydrogen-bond acceptors (Lipinski definition) is 4. The molecule has 1 unspecified atom stereocenters. The minimum absolute atomic E-state index is 0.359. The number of thiazole rings is 1. The third-order valence-electron chi connectivity index (χ3n) is 3.69. The van der Waals surface area contributed by atoms with Crippen LogP contribution in [0.25, 0.3) is 11.3 Å². The van der Waals surface area contributed by atoms with Crippen LogP contribution in [0, 0.1) is 0 Å². The standard InChI is InChI=1S/C16H20N2OS/c17-10-12-4-3-5-13(8-12)15-11-20-16(18-15)9-14-6-1-2-7-19-14/h3-5,8,11,14H,1-2,6-7,9-10,17H2. The molecule has 0 saturated carbocycles. The molecule has 1 aliphatic heterocycles. The van der Waals surface area contributed by atoms with Gasteiger partial charge >= 0.3 is 0 Å². The van der Waals surface area contributed by atoms with E-state index in [0.29, 0.717) is 12.6 Å². The number of aromatic nitrogens is 1. The quantitative estimate of drug-likeness (QED) is 0.938. The first-order chi connectivity index (χ1) is 9.85. The van der Waals surface area contributed by atoms with Crippen LogP contribution in [0.2, 0.25) is 0 Å². The van der Waals surface area contributed by atoms with Crippen LogP contribution in [-0.2, 0) is 17.7 Å². The highest BCUT2D eigenvalue weighted by Gasteiger charge is 2.16. The Labute approximate surface area is 123 Å². The molecule has 20 heavy (non-hydrogen) atoms. The molecular weight excluding hydrogens is 268 g/mol. The van der Waals surface area contributed by atoms with E-state index < -0.39 is 0 Å². The van der Waals surface area contributed by atoms with Crippen LogP contribution in [0.15, 0.2) is 29.6 Å². The molecule has 4 heteroatoms. The lowest BCUT2D eigenvalue weighted by molar-refractivity contribution is 0.0168. The Bertz CT molecular complexity index is 561. The average molecular weight is 288 g/mol. The predicted octanol–water partition coefficient (Wildman–Crippen LogP) is 3.38. The van der Waals surface area contributed by atoms with Crippen molar-refractivity contribution in [2.24, 2.45) is 5.73 Å². The molecule has 2 heterocycles. The second-order valence-electron chi connectivity index (χ2n) is 5.22. The van der Waals surface area contributed by atoms with Crippen molar-refractivity contribution < 1.29 is 4.74 Å². The van der Waals surface area contributed by atoms with E-state index in [0.717, 1.165) is 36.3 Å². The van der Waals surface area contributed by atoms with Crippen molar-refractivity contribution in [1.82, 2.24) is 4.98 Å². The molecule has 1 aliphatic rings. The molecule has 1 atom stereocenters. The molecule has 3 rings (SSSR count). The first-order valence-corrected chi connectivity index (χ1v) is 8.08. The van der Waals surface area contributed by atoms with E-state index in [1.165, 1.54) is 17.8 Å². The number of nitrogens with two attached hydrogens (primary N) is 1. The molecule has 2 aromatic rings. The molecule has 1 fully saturated rings. The molecule has 1 aromatic heterocycles. The molecule has 1 aromatic carbocycles. The molecule has 1 saturated heterocycles. The lowest BCUT2D eigenvalue weighted by Crippen LogP contribution is -2.21. The van der Waals surface area contributed by atoms with E-state index in [1.807, 2.05) is 12.1 Å². The van der Waals surface area contributed by atoms with Gasteiger partial charge in [0.2, 0.25) is 0 Å². The van der Waals surface area contributed by atoms with Gasteiger partial charge in [-0.25, -0.2) is 4.98 Å². The number of rotatable bonds is 4. The summed E-state index contributed by atoms with van der Waals surface area (Å²) in [6.45, 7) is 1.47. The molecule has 0 amide bonds. The van der Waals surface area contributed by atoms with Crippen LogP contribution >= 0.6 is 11.3 Å². The summed E-state index contributed by atoms with van der Waals surface area (Å²) in [6.07, 6.45) is 4.95. The van der Waals surface area contributed by atoms with Gasteiger partial charge in [-0.05, 0) is 30.9 Å². The van der Waals surface area contributed by atoms with Gasteiger partial charge < -0.3 is 10.5 Å². The van der Waals surface area contributed by atoms with Crippen LogP contribution in [0.4, 0.5) is 0 Å². The van der Waals surface area contributed by atoms with Crippen molar-refractivity contribution in [2.45, 2.75) is 38.3 Å². The fraction of sp³-hybridized carbons (Fsp3) is 0.438.